The van der Waals surface area contributed by atoms with Crippen molar-refractivity contribution in [2.45, 2.75) is 6.92 Å². The second-order valence-electron chi connectivity index (χ2n) is 2.60. The summed E-state index contributed by atoms with van der Waals surface area (Å²) < 4.78 is 4.91. The number of aryl methyl sites for hydroxylation is 1. The molecule has 0 spiro atoms. The van der Waals surface area contributed by atoms with Gasteiger partial charge in [-0.25, -0.2) is 9.97 Å². The van der Waals surface area contributed by atoms with Gasteiger partial charge in [-0.05, 0) is 13.0 Å². The summed E-state index contributed by atoms with van der Waals surface area (Å²) >= 11 is 0. The Bertz CT molecular complexity index is 408. The molecule has 0 saturated heterocycles. The zero-order valence-corrected chi connectivity index (χ0v) is 7.06. The Balaban J connectivity index is 2.53. The van der Waals surface area contributed by atoms with Gasteiger partial charge in [0.15, 0.2) is 0 Å². The molecule has 4 nitrogen and oxygen atoms in total. The molecule has 0 N–H and O–H groups in total. The molecule has 2 rings (SSSR count). The number of hydrogen-bond acceptors (Lipinski definition) is 4. The molecular weight excluding hydrogens is 166 g/mol. The van der Waals surface area contributed by atoms with Crippen LogP contribution < -0.4 is 0 Å². The van der Waals surface area contributed by atoms with Gasteiger partial charge in [-0.2, -0.15) is 0 Å². The third-order valence-corrected chi connectivity index (χ3v) is 1.73. The van der Waals surface area contributed by atoms with Crippen molar-refractivity contribution < 1.29 is 4.52 Å². The summed E-state index contributed by atoms with van der Waals surface area (Å²) in [5, 5.41) is 3.80. The van der Waals surface area contributed by atoms with E-state index in [1.807, 2.05) is 0 Å². The number of aromatic nitrogens is 3. The monoisotopic (exact) mass is 173 g/mol. The molecule has 0 aliphatic carbocycles. The minimum absolute atomic E-state index is 0.527. The first-order chi connectivity index (χ1) is 6.29. The highest BCUT2D eigenvalue weighted by Crippen LogP contribution is 2.21. The summed E-state index contributed by atoms with van der Waals surface area (Å²) in [4.78, 5) is 7.81. The van der Waals surface area contributed by atoms with Crippen LogP contribution in [0.25, 0.3) is 11.4 Å². The van der Waals surface area contributed by atoms with E-state index < -0.39 is 0 Å². The first kappa shape index (κ1) is 7.91. The van der Waals surface area contributed by atoms with Gasteiger partial charge in [0.2, 0.25) is 0 Å². The molecule has 0 aromatic carbocycles. The van der Waals surface area contributed by atoms with Crippen LogP contribution in [0, 0.1) is 13.8 Å². The van der Waals surface area contributed by atoms with E-state index in [0.717, 1.165) is 0 Å². The maximum absolute atomic E-state index is 5.72. The van der Waals surface area contributed by atoms with Crippen molar-refractivity contribution in [1.82, 2.24) is 15.1 Å². The van der Waals surface area contributed by atoms with Crippen molar-refractivity contribution in [2.24, 2.45) is 0 Å². The average molecular weight is 173 g/mol. The van der Waals surface area contributed by atoms with Crippen molar-refractivity contribution in [3.05, 3.63) is 36.8 Å². The SMILES string of the molecule is [CH]c1c(-c2ccncn2)noc1C. The Morgan fingerprint density at radius 1 is 1.46 bits per heavy atom. The molecular formula is C9H7N3O. The Labute approximate surface area is 75.6 Å². The van der Waals surface area contributed by atoms with E-state index in [1.165, 1.54) is 6.33 Å². The van der Waals surface area contributed by atoms with E-state index in [4.69, 9.17) is 11.4 Å². The first-order valence-electron chi connectivity index (χ1n) is 3.77. The lowest BCUT2D eigenvalue weighted by atomic mass is 10.2. The zero-order chi connectivity index (χ0) is 9.26. The molecule has 2 aromatic rings. The third-order valence-electron chi connectivity index (χ3n) is 1.73. The van der Waals surface area contributed by atoms with Gasteiger partial charge in [0.1, 0.15) is 17.8 Å². The van der Waals surface area contributed by atoms with E-state index >= 15 is 0 Å². The first-order valence-corrected chi connectivity index (χ1v) is 3.77. The lowest BCUT2D eigenvalue weighted by Crippen LogP contribution is -1.85. The van der Waals surface area contributed by atoms with Gasteiger partial charge < -0.3 is 4.52 Å². The van der Waals surface area contributed by atoms with Gasteiger partial charge in [-0.1, -0.05) is 5.16 Å². The zero-order valence-electron chi connectivity index (χ0n) is 7.06. The van der Waals surface area contributed by atoms with Crippen molar-refractivity contribution in [1.29, 1.82) is 0 Å². The molecule has 0 unspecified atom stereocenters. The van der Waals surface area contributed by atoms with Gasteiger partial charge in [-0.15, -0.1) is 0 Å². The summed E-state index contributed by atoms with van der Waals surface area (Å²) in [5.41, 5.74) is 1.77. The molecule has 0 bridgehead atoms. The smallest absolute Gasteiger partial charge is 0.137 e. The van der Waals surface area contributed by atoms with Gasteiger partial charge in [-0.3, -0.25) is 0 Å². The Morgan fingerprint density at radius 3 is 2.85 bits per heavy atom. The Morgan fingerprint density at radius 2 is 2.31 bits per heavy atom. The molecule has 0 aliphatic heterocycles. The largest absolute Gasteiger partial charge is 0.361 e. The number of hydrogen-bond donors (Lipinski definition) is 0. The quantitative estimate of drug-likeness (QED) is 0.655. The summed E-state index contributed by atoms with van der Waals surface area (Å²) in [6.07, 6.45) is 3.07. The van der Waals surface area contributed by atoms with Crippen LogP contribution in [0.1, 0.15) is 11.3 Å². The second kappa shape index (κ2) is 2.97. The highest BCUT2D eigenvalue weighted by Gasteiger charge is 2.10. The standard InChI is InChI=1S/C9H7N3O/c1-6-7(2)13-12-9(6)8-3-4-10-5-11-8/h1,3-5H,2H3. The summed E-state index contributed by atoms with van der Waals surface area (Å²) in [5.74, 6) is 0.605. The van der Waals surface area contributed by atoms with Crippen molar-refractivity contribution >= 4 is 0 Å². The fraction of sp³-hybridized carbons (Fsp3) is 0.111. The van der Waals surface area contributed by atoms with E-state index in [-0.39, 0.29) is 0 Å². The fourth-order valence-electron chi connectivity index (χ4n) is 0.995. The molecule has 0 saturated carbocycles. The molecule has 64 valence electrons. The van der Waals surface area contributed by atoms with Crippen LogP contribution in [0.15, 0.2) is 23.1 Å². The molecule has 2 heterocycles. The van der Waals surface area contributed by atoms with E-state index in [9.17, 15) is 0 Å². The van der Waals surface area contributed by atoms with Crippen molar-refractivity contribution in [2.75, 3.05) is 0 Å². The Hall–Kier alpha value is -1.71. The molecule has 2 radical (unpaired) electrons. The van der Waals surface area contributed by atoms with Crippen LogP contribution in [-0.4, -0.2) is 15.1 Å². The molecule has 2 aromatic heterocycles. The molecule has 0 fully saturated rings. The van der Waals surface area contributed by atoms with Crippen LogP contribution >= 0.6 is 0 Å². The van der Waals surface area contributed by atoms with Crippen LogP contribution in [0.5, 0.6) is 0 Å². The summed E-state index contributed by atoms with van der Waals surface area (Å²) in [6.45, 7) is 7.47. The van der Waals surface area contributed by atoms with Crippen LogP contribution in [-0.2, 0) is 0 Å². The van der Waals surface area contributed by atoms with Crippen LogP contribution in [0.4, 0.5) is 0 Å². The molecule has 0 atom stereocenters. The topological polar surface area (TPSA) is 51.8 Å². The fourth-order valence-corrected chi connectivity index (χ4v) is 0.995. The van der Waals surface area contributed by atoms with Crippen molar-refractivity contribution in [3.8, 4) is 11.4 Å². The van der Waals surface area contributed by atoms with E-state index in [2.05, 4.69) is 15.1 Å². The van der Waals surface area contributed by atoms with Gasteiger partial charge in [0.05, 0.1) is 5.69 Å². The highest BCUT2D eigenvalue weighted by atomic mass is 16.5. The van der Waals surface area contributed by atoms with Gasteiger partial charge >= 0.3 is 0 Å². The molecule has 13 heavy (non-hydrogen) atoms. The predicted octanol–water partition coefficient (Wildman–Crippen LogP) is 1.50. The third kappa shape index (κ3) is 1.30. The number of rotatable bonds is 1. The minimum Gasteiger partial charge on any atom is -0.361 e. The maximum atomic E-state index is 5.72. The second-order valence-corrected chi connectivity index (χ2v) is 2.60. The van der Waals surface area contributed by atoms with Gasteiger partial charge in [0, 0.05) is 18.7 Å². The highest BCUT2D eigenvalue weighted by molar-refractivity contribution is 5.59. The lowest BCUT2D eigenvalue weighted by Gasteiger charge is -1.93. The normalized spacial score (nSPS) is 10.3. The minimum atomic E-state index is 0.527. The van der Waals surface area contributed by atoms with E-state index in [0.29, 0.717) is 22.7 Å². The average Bonchev–Trinajstić information content (AvgIpc) is 2.49. The number of nitrogens with zero attached hydrogens (tertiary/aromatic N) is 3. The van der Waals surface area contributed by atoms with E-state index in [1.54, 1.807) is 19.2 Å². The summed E-state index contributed by atoms with van der Waals surface area (Å²) in [7, 11) is 0. The van der Waals surface area contributed by atoms with Crippen LogP contribution in [0.3, 0.4) is 0 Å². The lowest BCUT2D eigenvalue weighted by molar-refractivity contribution is 0.399. The maximum Gasteiger partial charge on any atom is 0.137 e. The van der Waals surface area contributed by atoms with Crippen molar-refractivity contribution in [3.63, 3.8) is 0 Å². The van der Waals surface area contributed by atoms with Crippen LogP contribution in [0.2, 0.25) is 0 Å². The molecule has 0 amide bonds. The Kier molecular flexibility index (Phi) is 1.81. The van der Waals surface area contributed by atoms with Gasteiger partial charge in [0.25, 0.3) is 0 Å². The molecule has 0 aliphatic rings. The molecule has 4 heteroatoms. The predicted molar refractivity (Wildman–Crippen MR) is 45.7 cm³/mol. The summed E-state index contributed by atoms with van der Waals surface area (Å²) in [6, 6.07) is 1.73.